The Kier molecular flexibility index (Phi) is 6.05. The molecule has 1 saturated heterocycles. The van der Waals surface area contributed by atoms with Crippen LogP contribution in [0.1, 0.15) is 30.0 Å². The number of likely N-dealkylation sites (tertiary alicyclic amines) is 1. The third-order valence-corrected chi connectivity index (χ3v) is 6.56. The predicted octanol–water partition coefficient (Wildman–Crippen LogP) is 3.05. The minimum absolute atomic E-state index is 0.132. The van der Waals surface area contributed by atoms with Gasteiger partial charge < -0.3 is 0 Å². The van der Waals surface area contributed by atoms with Gasteiger partial charge in [0.25, 0.3) is 0 Å². The van der Waals surface area contributed by atoms with E-state index in [2.05, 4.69) is 26.4 Å². The summed E-state index contributed by atoms with van der Waals surface area (Å²) in [6, 6.07) is 12.0. The largest absolute Gasteiger partial charge is 0.295 e. The molecule has 0 unspecified atom stereocenters. The molecule has 0 saturated carbocycles. The summed E-state index contributed by atoms with van der Waals surface area (Å²) >= 11 is 1.66. The van der Waals surface area contributed by atoms with E-state index < -0.39 is 10.0 Å². The van der Waals surface area contributed by atoms with Gasteiger partial charge in [0.15, 0.2) is 0 Å². The molecule has 1 atom stereocenters. The summed E-state index contributed by atoms with van der Waals surface area (Å²) < 4.78 is 27.6. The Bertz CT molecular complexity index is 709. The number of hydrogen-bond donors (Lipinski definition) is 1. The van der Waals surface area contributed by atoms with Crippen molar-refractivity contribution in [2.45, 2.75) is 25.3 Å². The molecule has 0 spiro atoms. The van der Waals surface area contributed by atoms with Gasteiger partial charge in [-0.15, -0.1) is 0 Å². The lowest BCUT2D eigenvalue weighted by atomic mass is 10.1. The molecule has 3 rings (SSSR count). The van der Waals surface area contributed by atoms with Crippen molar-refractivity contribution in [2.24, 2.45) is 0 Å². The van der Waals surface area contributed by atoms with Gasteiger partial charge in [-0.3, -0.25) is 4.90 Å². The van der Waals surface area contributed by atoms with E-state index in [0.717, 1.165) is 18.7 Å². The zero-order valence-electron chi connectivity index (χ0n) is 13.7. The van der Waals surface area contributed by atoms with Crippen LogP contribution in [0.25, 0.3) is 0 Å². The summed E-state index contributed by atoms with van der Waals surface area (Å²) in [5.74, 6) is 0.132. The molecule has 130 valence electrons. The molecular weight excluding hydrogens is 340 g/mol. The monoisotopic (exact) mass is 364 g/mol. The van der Waals surface area contributed by atoms with Crippen LogP contribution in [-0.4, -0.2) is 38.7 Å². The molecule has 1 aromatic carbocycles. The van der Waals surface area contributed by atoms with E-state index >= 15 is 0 Å². The van der Waals surface area contributed by atoms with Crippen molar-refractivity contribution in [1.29, 1.82) is 0 Å². The van der Waals surface area contributed by atoms with Crippen LogP contribution in [0, 0.1) is 0 Å². The van der Waals surface area contributed by atoms with E-state index in [1.165, 1.54) is 18.4 Å². The van der Waals surface area contributed by atoms with Crippen LogP contribution in [0.2, 0.25) is 0 Å². The van der Waals surface area contributed by atoms with Crippen LogP contribution < -0.4 is 4.72 Å². The number of nitrogens with one attached hydrogen (secondary N) is 1. The molecule has 6 heteroatoms. The van der Waals surface area contributed by atoms with E-state index in [9.17, 15) is 8.42 Å². The van der Waals surface area contributed by atoms with Gasteiger partial charge >= 0.3 is 0 Å². The smallest absolute Gasteiger partial charge is 0.211 e. The Morgan fingerprint density at radius 3 is 2.54 bits per heavy atom. The van der Waals surface area contributed by atoms with E-state index in [4.69, 9.17) is 0 Å². The molecule has 1 aromatic heterocycles. The average Bonchev–Trinajstić information content (AvgIpc) is 3.28. The lowest BCUT2D eigenvalue weighted by Crippen LogP contribution is -2.37. The Morgan fingerprint density at radius 1 is 1.12 bits per heavy atom. The molecule has 0 amide bonds. The Balaban J connectivity index is 1.58. The molecule has 0 bridgehead atoms. The number of sulfonamides is 1. The summed E-state index contributed by atoms with van der Waals surface area (Å²) in [6.45, 7) is 2.55. The minimum atomic E-state index is -3.27. The van der Waals surface area contributed by atoms with E-state index in [0.29, 0.717) is 13.0 Å². The topological polar surface area (TPSA) is 49.4 Å². The van der Waals surface area contributed by atoms with Crippen LogP contribution in [-0.2, 0) is 16.4 Å². The number of rotatable bonds is 8. The molecule has 2 aromatic rings. The molecule has 4 nitrogen and oxygen atoms in total. The maximum atomic E-state index is 12.4. The Labute approximate surface area is 148 Å². The summed E-state index contributed by atoms with van der Waals surface area (Å²) in [6.07, 6.45) is 2.94. The van der Waals surface area contributed by atoms with Gasteiger partial charge in [0, 0.05) is 12.6 Å². The predicted molar refractivity (Wildman–Crippen MR) is 99.8 cm³/mol. The molecule has 1 fully saturated rings. The fraction of sp³-hybridized carbons (Fsp3) is 0.444. The summed E-state index contributed by atoms with van der Waals surface area (Å²) in [7, 11) is -3.27. The standard InChI is InChI=1S/C18H24N2O2S2/c21-24(22,13-9-16-6-2-1-3-7-16)19-14-18(17-8-12-23-15-17)20-10-4-5-11-20/h1-3,6-8,12,15,18-19H,4-5,9-11,13-14H2/t18-/m1/s1. The Morgan fingerprint density at radius 2 is 1.88 bits per heavy atom. The fourth-order valence-corrected chi connectivity index (χ4v) is 4.92. The van der Waals surface area contributed by atoms with Gasteiger partial charge in [0.1, 0.15) is 0 Å². The number of hydrogen-bond acceptors (Lipinski definition) is 4. The zero-order valence-corrected chi connectivity index (χ0v) is 15.4. The highest BCUT2D eigenvalue weighted by atomic mass is 32.2. The Hall–Kier alpha value is -1.21. The SMILES string of the molecule is O=S(=O)(CCc1ccccc1)NC[C@H](c1ccsc1)N1CCCC1. The van der Waals surface area contributed by atoms with Crippen LogP contribution in [0.15, 0.2) is 47.2 Å². The van der Waals surface area contributed by atoms with Gasteiger partial charge in [-0.05, 0) is 60.3 Å². The second kappa shape index (κ2) is 8.25. The van der Waals surface area contributed by atoms with E-state index in [1.807, 2.05) is 30.3 Å². The molecule has 2 heterocycles. The second-order valence-electron chi connectivity index (χ2n) is 6.22. The van der Waals surface area contributed by atoms with Crippen LogP contribution >= 0.6 is 11.3 Å². The first-order chi connectivity index (χ1) is 11.6. The fourth-order valence-electron chi connectivity index (χ4n) is 3.15. The highest BCUT2D eigenvalue weighted by Gasteiger charge is 2.25. The maximum Gasteiger partial charge on any atom is 0.211 e. The zero-order chi connectivity index (χ0) is 16.8. The number of aryl methyl sites for hydroxylation is 1. The molecule has 1 aliphatic rings. The summed E-state index contributed by atoms with van der Waals surface area (Å²) in [5.41, 5.74) is 2.27. The first-order valence-corrected chi connectivity index (χ1v) is 11.0. The van der Waals surface area contributed by atoms with Gasteiger partial charge in [-0.2, -0.15) is 11.3 Å². The molecule has 1 aliphatic heterocycles. The van der Waals surface area contributed by atoms with Gasteiger partial charge in [0.2, 0.25) is 10.0 Å². The normalized spacial score (nSPS) is 17.2. The second-order valence-corrected chi connectivity index (χ2v) is 8.92. The quantitative estimate of drug-likeness (QED) is 0.783. The first kappa shape index (κ1) is 17.6. The first-order valence-electron chi connectivity index (χ1n) is 8.41. The average molecular weight is 365 g/mol. The number of nitrogens with zero attached hydrogens (tertiary/aromatic N) is 1. The van der Waals surface area contributed by atoms with Crippen LogP contribution in [0.4, 0.5) is 0 Å². The third kappa shape index (κ3) is 4.89. The molecule has 0 radical (unpaired) electrons. The van der Waals surface area contributed by atoms with Gasteiger partial charge in [0.05, 0.1) is 5.75 Å². The highest BCUT2D eigenvalue weighted by Crippen LogP contribution is 2.26. The van der Waals surface area contributed by atoms with Crippen molar-refractivity contribution in [3.8, 4) is 0 Å². The lowest BCUT2D eigenvalue weighted by Gasteiger charge is -2.27. The number of benzene rings is 1. The molecule has 0 aliphatic carbocycles. The molecule has 1 N–H and O–H groups in total. The van der Waals surface area contributed by atoms with Crippen molar-refractivity contribution in [3.05, 3.63) is 58.3 Å². The molecule has 24 heavy (non-hydrogen) atoms. The summed E-state index contributed by atoms with van der Waals surface area (Å²) in [4.78, 5) is 2.39. The van der Waals surface area contributed by atoms with Gasteiger partial charge in [-0.1, -0.05) is 30.3 Å². The maximum absolute atomic E-state index is 12.4. The van der Waals surface area contributed by atoms with Crippen LogP contribution in [0.5, 0.6) is 0 Å². The van der Waals surface area contributed by atoms with E-state index in [-0.39, 0.29) is 11.8 Å². The van der Waals surface area contributed by atoms with Gasteiger partial charge in [-0.25, -0.2) is 13.1 Å². The van der Waals surface area contributed by atoms with E-state index in [1.54, 1.807) is 11.3 Å². The third-order valence-electron chi connectivity index (χ3n) is 4.51. The van der Waals surface area contributed by atoms with Crippen molar-refractivity contribution < 1.29 is 8.42 Å². The minimum Gasteiger partial charge on any atom is -0.295 e. The summed E-state index contributed by atoms with van der Waals surface area (Å²) in [5, 5.41) is 4.18. The van der Waals surface area contributed by atoms with Crippen molar-refractivity contribution in [1.82, 2.24) is 9.62 Å². The molecular formula is C18H24N2O2S2. The van der Waals surface area contributed by atoms with Crippen molar-refractivity contribution in [2.75, 3.05) is 25.4 Å². The lowest BCUT2D eigenvalue weighted by molar-refractivity contribution is 0.247. The number of thiophene rings is 1. The van der Waals surface area contributed by atoms with Crippen molar-refractivity contribution >= 4 is 21.4 Å². The van der Waals surface area contributed by atoms with Crippen LogP contribution in [0.3, 0.4) is 0 Å². The van der Waals surface area contributed by atoms with Crippen molar-refractivity contribution in [3.63, 3.8) is 0 Å². The highest BCUT2D eigenvalue weighted by molar-refractivity contribution is 7.89.